The molecule has 4 rings (SSSR count). The normalized spacial score (nSPS) is 11.0. The Morgan fingerprint density at radius 1 is 0.867 bits per heavy atom. The third kappa shape index (κ3) is 5.43. The third-order valence-electron chi connectivity index (χ3n) is 4.78. The molecule has 0 aliphatic carbocycles. The molecule has 0 bridgehead atoms. The van der Waals surface area contributed by atoms with Crippen LogP contribution in [0.15, 0.2) is 101 Å². The van der Waals surface area contributed by atoms with Gasteiger partial charge in [-0.05, 0) is 34.7 Å². The summed E-state index contributed by atoms with van der Waals surface area (Å²) in [5.41, 5.74) is 2.41. The van der Waals surface area contributed by atoms with Crippen molar-refractivity contribution in [3.8, 4) is 0 Å². The lowest BCUT2D eigenvalue weighted by atomic mass is 10.0. The van der Waals surface area contributed by atoms with Crippen LogP contribution in [0.25, 0.3) is 0 Å². The van der Waals surface area contributed by atoms with E-state index in [0.29, 0.717) is 18.8 Å². The van der Waals surface area contributed by atoms with Gasteiger partial charge in [-0.3, -0.25) is 4.79 Å². The van der Waals surface area contributed by atoms with E-state index in [-0.39, 0.29) is 11.2 Å². The zero-order valence-corrected chi connectivity index (χ0v) is 18.1. The van der Waals surface area contributed by atoms with E-state index in [2.05, 4.69) is 30.3 Å². The highest BCUT2D eigenvalue weighted by atomic mass is 32.2. The van der Waals surface area contributed by atoms with Crippen LogP contribution in [-0.4, -0.2) is 16.6 Å². The standard InChI is InChI=1S/C25H23NO2S2/c27-24(26(17-22-13-7-15-28-22)18-23-14-8-16-29-23)19-30-25(20-9-3-1-4-10-20)21-11-5-2-6-12-21/h1-16,25H,17-19H2. The average Bonchev–Trinajstić information content (AvgIpc) is 3.49. The molecule has 0 fully saturated rings. The molecule has 0 atom stereocenters. The van der Waals surface area contributed by atoms with Crippen molar-refractivity contribution >= 4 is 29.0 Å². The van der Waals surface area contributed by atoms with E-state index in [1.807, 2.05) is 64.9 Å². The molecule has 0 saturated carbocycles. The zero-order chi connectivity index (χ0) is 20.6. The van der Waals surface area contributed by atoms with Crippen molar-refractivity contribution in [3.05, 3.63) is 118 Å². The molecule has 0 spiro atoms. The fourth-order valence-corrected chi connectivity index (χ4v) is 5.21. The monoisotopic (exact) mass is 433 g/mol. The lowest BCUT2D eigenvalue weighted by Gasteiger charge is -2.23. The van der Waals surface area contributed by atoms with E-state index in [4.69, 9.17) is 4.42 Å². The van der Waals surface area contributed by atoms with Crippen LogP contribution in [0.5, 0.6) is 0 Å². The number of carbonyl (C=O) groups is 1. The van der Waals surface area contributed by atoms with Crippen molar-refractivity contribution in [1.29, 1.82) is 0 Å². The molecule has 1 amide bonds. The molecule has 3 nitrogen and oxygen atoms in total. The Bertz CT molecular complexity index is 940. The molecular weight excluding hydrogens is 410 g/mol. The van der Waals surface area contributed by atoms with Gasteiger partial charge in [0.1, 0.15) is 5.76 Å². The van der Waals surface area contributed by atoms with Gasteiger partial charge in [0.15, 0.2) is 0 Å². The van der Waals surface area contributed by atoms with Crippen LogP contribution in [-0.2, 0) is 17.9 Å². The minimum Gasteiger partial charge on any atom is -0.467 e. The van der Waals surface area contributed by atoms with Crippen LogP contribution in [0.2, 0.25) is 0 Å². The van der Waals surface area contributed by atoms with Gasteiger partial charge >= 0.3 is 0 Å². The first kappa shape index (κ1) is 20.5. The summed E-state index contributed by atoms with van der Waals surface area (Å²) in [7, 11) is 0. The number of rotatable bonds is 9. The Hall–Kier alpha value is -2.76. The van der Waals surface area contributed by atoms with E-state index in [0.717, 1.165) is 5.76 Å². The molecule has 4 aromatic rings. The summed E-state index contributed by atoms with van der Waals surface area (Å²) in [6.07, 6.45) is 1.65. The van der Waals surface area contributed by atoms with Gasteiger partial charge in [-0.25, -0.2) is 0 Å². The molecule has 30 heavy (non-hydrogen) atoms. The SMILES string of the molecule is O=C(CSC(c1ccccc1)c1ccccc1)N(Cc1ccco1)Cc1cccs1. The molecule has 152 valence electrons. The molecular formula is C25H23NO2S2. The van der Waals surface area contributed by atoms with E-state index in [1.165, 1.54) is 16.0 Å². The second-order valence-corrected chi connectivity index (χ2v) is 9.05. The Morgan fingerprint density at radius 3 is 2.13 bits per heavy atom. The Labute approximate surface area is 185 Å². The average molecular weight is 434 g/mol. The van der Waals surface area contributed by atoms with E-state index in [9.17, 15) is 4.79 Å². The highest BCUT2D eigenvalue weighted by Gasteiger charge is 2.21. The summed E-state index contributed by atoms with van der Waals surface area (Å²) in [6.45, 7) is 1.07. The predicted molar refractivity (Wildman–Crippen MR) is 124 cm³/mol. The lowest BCUT2D eigenvalue weighted by Crippen LogP contribution is -2.31. The summed E-state index contributed by atoms with van der Waals surface area (Å²) < 4.78 is 5.50. The van der Waals surface area contributed by atoms with Crippen LogP contribution in [0.3, 0.4) is 0 Å². The Morgan fingerprint density at radius 2 is 1.57 bits per heavy atom. The molecule has 2 aromatic heterocycles. The largest absolute Gasteiger partial charge is 0.467 e. The minimum absolute atomic E-state index is 0.113. The van der Waals surface area contributed by atoms with Crippen molar-refractivity contribution in [1.82, 2.24) is 4.90 Å². The van der Waals surface area contributed by atoms with E-state index in [1.54, 1.807) is 29.4 Å². The Balaban J connectivity index is 1.50. The molecule has 0 aliphatic rings. The van der Waals surface area contributed by atoms with Gasteiger partial charge in [0.05, 0.1) is 30.4 Å². The first-order valence-electron chi connectivity index (χ1n) is 9.83. The maximum Gasteiger partial charge on any atom is 0.233 e. The van der Waals surface area contributed by atoms with Gasteiger partial charge in [-0.2, -0.15) is 0 Å². The molecule has 2 aromatic carbocycles. The highest BCUT2D eigenvalue weighted by molar-refractivity contribution is 8.00. The third-order valence-corrected chi connectivity index (χ3v) is 6.94. The molecule has 0 radical (unpaired) electrons. The number of thiophene rings is 1. The van der Waals surface area contributed by atoms with Gasteiger partial charge in [-0.1, -0.05) is 66.7 Å². The zero-order valence-electron chi connectivity index (χ0n) is 16.5. The summed E-state index contributed by atoms with van der Waals surface area (Å²) >= 11 is 3.34. The molecule has 2 heterocycles. The fraction of sp³-hybridized carbons (Fsp3) is 0.160. The first-order valence-corrected chi connectivity index (χ1v) is 11.8. The molecule has 0 saturated heterocycles. The maximum absolute atomic E-state index is 13.2. The number of carbonyl (C=O) groups excluding carboxylic acids is 1. The smallest absolute Gasteiger partial charge is 0.233 e. The van der Waals surface area contributed by atoms with Crippen molar-refractivity contribution in [3.63, 3.8) is 0 Å². The summed E-state index contributed by atoms with van der Waals surface area (Å²) in [4.78, 5) is 16.3. The number of amides is 1. The van der Waals surface area contributed by atoms with Crippen LogP contribution in [0.4, 0.5) is 0 Å². The molecule has 0 aliphatic heterocycles. The van der Waals surface area contributed by atoms with Gasteiger partial charge in [0, 0.05) is 4.88 Å². The van der Waals surface area contributed by atoms with Crippen molar-refractivity contribution in [2.24, 2.45) is 0 Å². The minimum atomic E-state index is 0.113. The molecule has 0 unspecified atom stereocenters. The van der Waals surface area contributed by atoms with Gasteiger partial charge < -0.3 is 9.32 Å². The van der Waals surface area contributed by atoms with Crippen molar-refractivity contribution in [2.45, 2.75) is 18.3 Å². The second-order valence-electron chi connectivity index (χ2n) is 6.92. The maximum atomic E-state index is 13.2. The van der Waals surface area contributed by atoms with Crippen LogP contribution in [0, 0.1) is 0 Å². The van der Waals surface area contributed by atoms with E-state index >= 15 is 0 Å². The molecule has 5 heteroatoms. The second kappa shape index (κ2) is 10.3. The Kier molecular flexibility index (Phi) is 7.06. The number of benzene rings is 2. The number of hydrogen-bond acceptors (Lipinski definition) is 4. The van der Waals surface area contributed by atoms with Crippen molar-refractivity contribution < 1.29 is 9.21 Å². The van der Waals surface area contributed by atoms with Gasteiger partial charge in [0.25, 0.3) is 0 Å². The quantitative estimate of drug-likeness (QED) is 0.306. The number of thioether (sulfide) groups is 1. The van der Waals surface area contributed by atoms with Gasteiger partial charge in [-0.15, -0.1) is 23.1 Å². The molecule has 0 N–H and O–H groups in total. The van der Waals surface area contributed by atoms with Crippen LogP contribution < -0.4 is 0 Å². The van der Waals surface area contributed by atoms with Crippen LogP contribution in [0.1, 0.15) is 27.0 Å². The van der Waals surface area contributed by atoms with E-state index < -0.39 is 0 Å². The number of nitrogens with zero attached hydrogens (tertiary/aromatic N) is 1. The first-order chi connectivity index (χ1) is 14.8. The predicted octanol–water partition coefficient (Wildman–Crippen LogP) is 6.39. The van der Waals surface area contributed by atoms with Gasteiger partial charge in [0.2, 0.25) is 5.91 Å². The fourth-order valence-electron chi connectivity index (χ4n) is 3.30. The lowest BCUT2D eigenvalue weighted by molar-refractivity contribution is -0.129. The number of furan rings is 1. The summed E-state index contributed by atoms with van der Waals surface area (Å²) in [5, 5.41) is 2.16. The number of hydrogen-bond donors (Lipinski definition) is 0. The topological polar surface area (TPSA) is 33.5 Å². The van der Waals surface area contributed by atoms with Crippen molar-refractivity contribution in [2.75, 3.05) is 5.75 Å². The highest BCUT2D eigenvalue weighted by Crippen LogP contribution is 2.35. The summed E-state index contributed by atoms with van der Waals surface area (Å²) in [5.74, 6) is 1.31. The summed E-state index contributed by atoms with van der Waals surface area (Å²) in [6, 6.07) is 28.6. The van der Waals surface area contributed by atoms with Crippen LogP contribution >= 0.6 is 23.1 Å².